The molecule has 0 unspecified atom stereocenters. The number of hydrogen-bond donors (Lipinski definition) is 3. The molecule has 0 bridgehead atoms. The molecule has 0 saturated carbocycles. The molecule has 0 saturated heterocycles. The molecule has 0 heterocycles. The summed E-state index contributed by atoms with van der Waals surface area (Å²) in [5.41, 5.74) is 0. The summed E-state index contributed by atoms with van der Waals surface area (Å²) in [6.07, 6.45) is 0. The van der Waals surface area contributed by atoms with Crippen molar-refractivity contribution in [1.82, 2.24) is 0 Å². The lowest BCUT2D eigenvalue weighted by molar-refractivity contribution is 0.333. The van der Waals surface area contributed by atoms with Crippen molar-refractivity contribution in [3.8, 4) is 0 Å². The first-order chi connectivity index (χ1) is 13.4. The highest BCUT2D eigenvalue weighted by Gasteiger charge is 2.29. The van der Waals surface area contributed by atoms with E-state index in [1.54, 1.807) is 0 Å². The SMILES string of the molecule is NOS(=O)(=O)c1ccc2ccc3c(S(=O)(=O)O)c(S(=O)(=O)O)cc4ccc1c2c43. The topological polar surface area (TPSA) is 178 Å². The Morgan fingerprint density at radius 2 is 1.24 bits per heavy atom. The first-order valence-corrected chi connectivity index (χ1v) is 12.0. The highest BCUT2D eigenvalue weighted by Crippen LogP contribution is 2.41. The van der Waals surface area contributed by atoms with Gasteiger partial charge in [0.2, 0.25) is 0 Å². The van der Waals surface area contributed by atoms with Crippen molar-refractivity contribution in [2.45, 2.75) is 14.7 Å². The van der Waals surface area contributed by atoms with Crippen molar-refractivity contribution in [2.75, 3.05) is 0 Å². The molecule has 0 aromatic heterocycles. The second-order valence-electron chi connectivity index (χ2n) is 6.19. The van der Waals surface area contributed by atoms with Gasteiger partial charge in [0.15, 0.2) is 0 Å². The van der Waals surface area contributed by atoms with Crippen LogP contribution in [0.15, 0.2) is 57.2 Å². The smallest absolute Gasteiger partial charge is 0.282 e. The second kappa shape index (κ2) is 6.06. The summed E-state index contributed by atoms with van der Waals surface area (Å²) >= 11 is 0. The summed E-state index contributed by atoms with van der Waals surface area (Å²) in [5, 5.41) is 1.10. The molecule has 0 aliphatic heterocycles. The normalized spacial score (nSPS) is 13.6. The van der Waals surface area contributed by atoms with Crippen LogP contribution in [0.1, 0.15) is 0 Å². The highest BCUT2D eigenvalue weighted by molar-refractivity contribution is 7.89. The third kappa shape index (κ3) is 2.95. The Labute approximate surface area is 164 Å². The standard InChI is InChI=1S/C16H11NO9S3/c17-26-29(24,25)12-6-3-8-1-5-11-15-9(2-4-10(12)14(8)15)7-13(27(18,19)20)16(11)28(21,22)23/h1-7H,17H2,(H,18,19,20)(H,21,22,23). The molecule has 0 radical (unpaired) electrons. The van der Waals surface area contributed by atoms with Crippen molar-refractivity contribution in [3.63, 3.8) is 0 Å². The highest BCUT2D eigenvalue weighted by atomic mass is 32.2. The first kappa shape index (κ1) is 19.9. The minimum atomic E-state index is -5.09. The van der Waals surface area contributed by atoms with Gasteiger partial charge in [-0.2, -0.15) is 35.4 Å². The zero-order valence-corrected chi connectivity index (χ0v) is 16.5. The summed E-state index contributed by atoms with van der Waals surface area (Å²) in [7, 11) is -14.4. The second-order valence-corrected chi connectivity index (χ2v) is 10.5. The summed E-state index contributed by atoms with van der Waals surface area (Å²) < 4.78 is 95.0. The zero-order chi connectivity index (χ0) is 21.4. The molecule has 10 nitrogen and oxygen atoms in total. The predicted molar refractivity (Wildman–Crippen MR) is 102 cm³/mol. The fraction of sp³-hybridized carbons (Fsp3) is 0. The van der Waals surface area contributed by atoms with Gasteiger partial charge >= 0.3 is 10.1 Å². The Kier molecular flexibility index (Phi) is 4.16. The minimum Gasteiger partial charge on any atom is -0.282 e. The van der Waals surface area contributed by atoms with Crippen LogP contribution in [0.3, 0.4) is 0 Å². The molecule has 4 aromatic rings. The van der Waals surface area contributed by atoms with Crippen LogP contribution in [0.25, 0.3) is 32.3 Å². The van der Waals surface area contributed by atoms with Crippen molar-refractivity contribution < 1.29 is 38.6 Å². The van der Waals surface area contributed by atoms with E-state index < -0.39 is 40.1 Å². The maximum absolute atomic E-state index is 12.2. The molecule has 152 valence electrons. The Bertz CT molecular complexity index is 1640. The number of nitrogens with two attached hydrogens (primary N) is 1. The van der Waals surface area contributed by atoms with Gasteiger partial charge in [0, 0.05) is 10.8 Å². The van der Waals surface area contributed by atoms with E-state index in [9.17, 15) is 34.4 Å². The molecule has 0 amide bonds. The molecule has 4 N–H and O–H groups in total. The average molecular weight is 457 g/mol. The van der Waals surface area contributed by atoms with Crippen molar-refractivity contribution >= 4 is 62.7 Å². The van der Waals surface area contributed by atoms with Crippen molar-refractivity contribution in [2.24, 2.45) is 5.90 Å². The molecule has 4 aromatic carbocycles. The number of benzene rings is 4. The Morgan fingerprint density at radius 3 is 1.83 bits per heavy atom. The van der Waals surface area contributed by atoms with E-state index in [0.717, 1.165) is 6.07 Å². The van der Waals surface area contributed by atoms with Crippen LogP contribution in [0.5, 0.6) is 0 Å². The molecule has 29 heavy (non-hydrogen) atoms. The molecule has 0 fully saturated rings. The summed E-state index contributed by atoms with van der Waals surface area (Å²) in [4.78, 5) is -2.29. The van der Waals surface area contributed by atoms with Gasteiger partial charge in [-0.1, -0.05) is 30.3 Å². The van der Waals surface area contributed by atoms with Crippen LogP contribution in [0.2, 0.25) is 0 Å². The molecule has 0 atom stereocenters. The Balaban J connectivity index is 2.36. The molecule has 4 rings (SSSR count). The summed E-state index contributed by atoms with van der Waals surface area (Å²) in [6.45, 7) is 0. The van der Waals surface area contributed by atoms with Gasteiger partial charge in [0.1, 0.15) is 14.7 Å². The first-order valence-electron chi connectivity index (χ1n) is 7.69. The van der Waals surface area contributed by atoms with Gasteiger partial charge in [-0.3, -0.25) is 9.11 Å². The largest absolute Gasteiger partial charge is 0.313 e. The summed E-state index contributed by atoms with van der Waals surface area (Å²) in [5.74, 6) is 4.86. The van der Waals surface area contributed by atoms with E-state index in [-0.39, 0.29) is 31.8 Å². The van der Waals surface area contributed by atoms with Crippen LogP contribution in [-0.2, 0) is 34.6 Å². The quantitative estimate of drug-likeness (QED) is 0.232. The molecule has 0 aliphatic rings. The van der Waals surface area contributed by atoms with Crippen molar-refractivity contribution in [3.05, 3.63) is 42.5 Å². The Morgan fingerprint density at radius 1 is 0.690 bits per heavy atom. The molecular weight excluding hydrogens is 446 g/mol. The average Bonchev–Trinajstić information content (AvgIpc) is 2.63. The van der Waals surface area contributed by atoms with Crippen LogP contribution in [0.4, 0.5) is 0 Å². The van der Waals surface area contributed by atoms with Crippen LogP contribution >= 0.6 is 0 Å². The van der Waals surface area contributed by atoms with E-state index in [1.807, 2.05) is 0 Å². The van der Waals surface area contributed by atoms with Crippen LogP contribution in [-0.4, -0.2) is 34.4 Å². The third-order valence-corrected chi connectivity index (χ3v) is 7.70. The molecular formula is C16H11NO9S3. The van der Waals surface area contributed by atoms with E-state index >= 15 is 0 Å². The van der Waals surface area contributed by atoms with Gasteiger partial charge in [0.05, 0.1) is 0 Å². The predicted octanol–water partition coefficient (Wildman–Crippen LogP) is 1.66. The zero-order valence-electron chi connectivity index (χ0n) is 14.1. The van der Waals surface area contributed by atoms with E-state index in [4.69, 9.17) is 5.90 Å². The monoisotopic (exact) mass is 457 g/mol. The maximum Gasteiger partial charge on any atom is 0.313 e. The number of hydrogen-bond acceptors (Lipinski definition) is 8. The summed E-state index contributed by atoms with van der Waals surface area (Å²) in [6, 6.07) is 9.00. The fourth-order valence-electron chi connectivity index (χ4n) is 3.52. The molecule has 13 heteroatoms. The van der Waals surface area contributed by atoms with Gasteiger partial charge in [-0.05, 0) is 33.7 Å². The fourth-order valence-corrected chi connectivity index (χ4v) is 6.32. The lowest BCUT2D eigenvalue weighted by Crippen LogP contribution is -2.12. The third-order valence-electron chi connectivity index (χ3n) is 4.59. The maximum atomic E-state index is 12.2. The van der Waals surface area contributed by atoms with Crippen LogP contribution < -0.4 is 5.90 Å². The lowest BCUT2D eigenvalue weighted by Gasteiger charge is -2.16. The molecule has 0 aliphatic carbocycles. The van der Waals surface area contributed by atoms with Gasteiger partial charge in [-0.25, -0.2) is 0 Å². The van der Waals surface area contributed by atoms with Gasteiger partial charge in [-0.15, -0.1) is 0 Å². The van der Waals surface area contributed by atoms with Crippen LogP contribution in [0, 0.1) is 0 Å². The number of rotatable bonds is 4. The minimum absolute atomic E-state index is 0.145. The van der Waals surface area contributed by atoms with Crippen molar-refractivity contribution in [1.29, 1.82) is 0 Å². The Hall–Kier alpha value is -2.39. The van der Waals surface area contributed by atoms with E-state index in [1.165, 1.54) is 36.4 Å². The van der Waals surface area contributed by atoms with Gasteiger partial charge < -0.3 is 0 Å². The van der Waals surface area contributed by atoms with E-state index in [2.05, 4.69) is 4.28 Å². The lowest BCUT2D eigenvalue weighted by atomic mass is 9.94. The van der Waals surface area contributed by atoms with Gasteiger partial charge in [0.25, 0.3) is 20.2 Å². The molecule has 0 spiro atoms. The van der Waals surface area contributed by atoms with E-state index in [0.29, 0.717) is 5.39 Å².